The highest BCUT2D eigenvalue weighted by Gasteiger charge is 2.21. The summed E-state index contributed by atoms with van der Waals surface area (Å²) in [4.78, 5) is 17.2. The van der Waals surface area contributed by atoms with Crippen LogP contribution in [0.25, 0.3) is 11.4 Å². The van der Waals surface area contributed by atoms with E-state index in [9.17, 15) is 13.2 Å². The lowest BCUT2D eigenvalue weighted by Gasteiger charge is -2.12. The maximum Gasteiger partial charge on any atom is 0.255 e. The van der Waals surface area contributed by atoms with Crippen LogP contribution in [0.2, 0.25) is 0 Å². The Labute approximate surface area is 174 Å². The second kappa shape index (κ2) is 8.64. The zero-order valence-corrected chi connectivity index (χ0v) is 17.9. The number of carbonyl (C=O) groups excluding carboxylic acids is 1. The molecule has 0 atom stereocenters. The Morgan fingerprint density at radius 1 is 1.17 bits per heavy atom. The first-order chi connectivity index (χ1) is 14.3. The SMILES string of the molecule is CNS(=O)(=O)c1cc(C(=O)Nc2ccccc2-c2n[nH]c(C(C)C)n2)ccc1OC. The van der Waals surface area contributed by atoms with Crippen molar-refractivity contribution in [3.05, 3.63) is 53.9 Å². The van der Waals surface area contributed by atoms with Gasteiger partial charge in [0.05, 0.1) is 12.8 Å². The number of ether oxygens (including phenoxy) is 1. The molecule has 0 radical (unpaired) electrons. The molecule has 0 aliphatic rings. The van der Waals surface area contributed by atoms with Gasteiger partial charge in [-0.2, -0.15) is 5.10 Å². The van der Waals surface area contributed by atoms with E-state index < -0.39 is 15.9 Å². The molecule has 0 aliphatic carbocycles. The number of aromatic nitrogens is 3. The number of hydrogen-bond acceptors (Lipinski definition) is 6. The smallest absolute Gasteiger partial charge is 0.255 e. The Hall–Kier alpha value is -3.24. The van der Waals surface area contributed by atoms with Gasteiger partial charge in [0, 0.05) is 17.0 Å². The van der Waals surface area contributed by atoms with Crippen molar-refractivity contribution in [1.82, 2.24) is 19.9 Å². The molecule has 0 bridgehead atoms. The molecule has 1 amide bonds. The third-order valence-corrected chi connectivity index (χ3v) is 5.89. The first-order valence-electron chi connectivity index (χ1n) is 9.21. The van der Waals surface area contributed by atoms with Crippen LogP contribution in [-0.4, -0.2) is 43.7 Å². The first-order valence-corrected chi connectivity index (χ1v) is 10.7. The van der Waals surface area contributed by atoms with Gasteiger partial charge in [0.1, 0.15) is 16.5 Å². The number of sulfonamides is 1. The number of nitrogens with one attached hydrogen (secondary N) is 3. The molecule has 0 aliphatic heterocycles. The van der Waals surface area contributed by atoms with Gasteiger partial charge in [-0.05, 0) is 37.4 Å². The molecule has 3 N–H and O–H groups in total. The monoisotopic (exact) mass is 429 g/mol. The highest BCUT2D eigenvalue weighted by Crippen LogP contribution is 2.28. The maximum atomic E-state index is 12.9. The van der Waals surface area contributed by atoms with Crippen molar-refractivity contribution in [3.8, 4) is 17.1 Å². The van der Waals surface area contributed by atoms with E-state index in [1.54, 1.807) is 18.2 Å². The van der Waals surface area contributed by atoms with E-state index in [-0.39, 0.29) is 22.1 Å². The van der Waals surface area contributed by atoms with Crippen LogP contribution in [0.4, 0.5) is 5.69 Å². The molecule has 0 saturated heterocycles. The van der Waals surface area contributed by atoms with Gasteiger partial charge in [-0.15, -0.1) is 0 Å². The van der Waals surface area contributed by atoms with Crippen molar-refractivity contribution >= 4 is 21.6 Å². The number of aromatic amines is 1. The summed E-state index contributed by atoms with van der Waals surface area (Å²) in [6.45, 7) is 4.00. The maximum absolute atomic E-state index is 12.9. The second-order valence-corrected chi connectivity index (χ2v) is 8.63. The normalized spacial score (nSPS) is 11.5. The summed E-state index contributed by atoms with van der Waals surface area (Å²) >= 11 is 0. The fourth-order valence-electron chi connectivity index (χ4n) is 2.77. The number of carbonyl (C=O) groups is 1. The van der Waals surface area contributed by atoms with Crippen molar-refractivity contribution in [2.75, 3.05) is 19.5 Å². The van der Waals surface area contributed by atoms with Gasteiger partial charge in [0.2, 0.25) is 10.0 Å². The van der Waals surface area contributed by atoms with E-state index in [1.165, 1.54) is 32.4 Å². The van der Waals surface area contributed by atoms with Gasteiger partial charge in [0.15, 0.2) is 5.82 Å². The summed E-state index contributed by atoms with van der Waals surface area (Å²) in [7, 11) is -1.15. The number of H-pyrrole nitrogens is 1. The molecule has 158 valence electrons. The summed E-state index contributed by atoms with van der Waals surface area (Å²) in [5, 5.41) is 9.94. The minimum atomic E-state index is -3.81. The predicted octanol–water partition coefficient (Wildman–Crippen LogP) is 2.76. The minimum absolute atomic E-state index is 0.121. The number of para-hydroxylation sites is 1. The number of benzene rings is 2. The summed E-state index contributed by atoms with van der Waals surface area (Å²) in [5.41, 5.74) is 1.31. The zero-order valence-electron chi connectivity index (χ0n) is 17.1. The van der Waals surface area contributed by atoms with E-state index >= 15 is 0 Å². The van der Waals surface area contributed by atoms with E-state index in [4.69, 9.17) is 4.74 Å². The highest BCUT2D eigenvalue weighted by molar-refractivity contribution is 7.89. The minimum Gasteiger partial charge on any atom is -0.495 e. The summed E-state index contributed by atoms with van der Waals surface area (Å²) in [6.07, 6.45) is 0. The van der Waals surface area contributed by atoms with Crippen LogP contribution in [0.5, 0.6) is 5.75 Å². The standard InChI is InChI=1S/C20H23N5O4S/c1-12(2)18-23-19(25-24-18)14-7-5-6-8-15(14)22-20(26)13-9-10-16(29-4)17(11-13)30(27,28)21-3/h5-12,21H,1-4H3,(H,22,26)(H,23,24,25). The lowest BCUT2D eigenvalue weighted by atomic mass is 10.1. The van der Waals surface area contributed by atoms with E-state index in [0.717, 1.165) is 5.82 Å². The number of hydrogen-bond donors (Lipinski definition) is 3. The van der Waals surface area contributed by atoms with Gasteiger partial charge in [-0.1, -0.05) is 26.0 Å². The molecular weight excluding hydrogens is 406 g/mol. The van der Waals surface area contributed by atoms with Crippen molar-refractivity contribution in [3.63, 3.8) is 0 Å². The molecule has 2 aromatic carbocycles. The number of rotatable bonds is 7. The lowest BCUT2D eigenvalue weighted by Crippen LogP contribution is -2.20. The Morgan fingerprint density at radius 2 is 1.90 bits per heavy atom. The molecule has 30 heavy (non-hydrogen) atoms. The van der Waals surface area contributed by atoms with Crippen LogP contribution in [0.3, 0.4) is 0 Å². The Morgan fingerprint density at radius 3 is 2.53 bits per heavy atom. The Bertz CT molecular complexity index is 1170. The number of methoxy groups -OCH3 is 1. The van der Waals surface area contributed by atoms with Gasteiger partial charge in [-0.3, -0.25) is 9.89 Å². The molecule has 3 aromatic rings. The lowest BCUT2D eigenvalue weighted by molar-refractivity contribution is 0.102. The van der Waals surface area contributed by atoms with Gasteiger partial charge < -0.3 is 10.1 Å². The predicted molar refractivity (Wildman–Crippen MR) is 113 cm³/mol. The quantitative estimate of drug-likeness (QED) is 0.530. The molecule has 3 rings (SSSR count). The third kappa shape index (κ3) is 4.34. The second-order valence-electron chi connectivity index (χ2n) is 6.77. The molecular formula is C20H23N5O4S. The molecule has 0 fully saturated rings. The number of nitrogens with zero attached hydrogens (tertiary/aromatic N) is 2. The van der Waals surface area contributed by atoms with Crippen molar-refractivity contribution in [1.29, 1.82) is 0 Å². The fraction of sp³-hybridized carbons (Fsp3) is 0.250. The molecule has 1 aromatic heterocycles. The molecule has 0 spiro atoms. The van der Waals surface area contributed by atoms with Crippen molar-refractivity contribution < 1.29 is 17.9 Å². The van der Waals surface area contributed by atoms with Crippen LogP contribution >= 0.6 is 0 Å². The Kier molecular flexibility index (Phi) is 6.18. The molecule has 0 saturated carbocycles. The summed E-state index contributed by atoms with van der Waals surface area (Å²) < 4.78 is 31.9. The van der Waals surface area contributed by atoms with Crippen molar-refractivity contribution in [2.45, 2.75) is 24.7 Å². The largest absolute Gasteiger partial charge is 0.495 e. The summed E-state index contributed by atoms with van der Waals surface area (Å²) in [5.74, 6) is 1.05. The molecule has 0 unspecified atom stereocenters. The van der Waals surface area contributed by atoms with Crippen LogP contribution in [-0.2, 0) is 10.0 Å². The third-order valence-electron chi connectivity index (χ3n) is 4.45. The molecule has 9 nitrogen and oxygen atoms in total. The van der Waals surface area contributed by atoms with E-state index in [2.05, 4.69) is 25.2 Å². The first kappa shape index (κ1) is 21.5. The van der Waals surface area contributed by atoms with Gasteiger partial charge in [-0.25, -0.2) is 18.1 Å². The fourth-order valence-corrected chi connectivity index (χ4v) is 3.69. The number of anilines is 1. The van der Waals surface area contributed by atoms with Crippen LogP contribution in [0.1, 0.15) is 35.9 Å². The molecule has 1 heterocycles. The summed E-state index contributed by atoms with van der Waals surface area (Å²) in [6, 6.07) is 11.3. The van der Waals surface area contributed by atoms with Crippen LogP contribution < -0.4 is 14.8 Å². The number of amides is 1. The van der Waals surface area contributed by atoms with Crippen molar-refractivity contribution in [2.24, 2.45) is 0 Å². The van der Waals surface area contributed by atoms with E-state index in [0.29, 0.717) is 17.1 Å². The highest BCUT2D eigenvalue weighted by atomic mass is 32.2. The topological polar surface area (TPSA) is 126 Å². The van der Waals surface area contributed by atoms with Gasteiger partial charge >= 0.3 is 0 Å². The van der Waals surface area contributed by atoms with Gasteiger partial charge in [0.25, 0.3) is 5.91 Å². The zero-order chi connectivity index (χ0) is 21.9. The average molecular weight is 430 g/mol. The molecule has 10 heteroatoms. The Balaban J connectivity index is 1.95. The van der Waals surface area contributed by atoms with E-state index in [1.807, 2.05) is 19.9 Å². The average Bonchev–Trinajstić information content (AvgIpc) is 3.24. The van der Waals surface area contributed by atoms with Crippen LogP contribution in [0, 0.1) is 0 Å². The van der Waals surface area contributed by atoms with Crippen LogP contribution in [0.15, 0.2) is 47.4 Å².